The van der Waals surface area contributed by atoms with Crippen molar-refractivity contribution in [2.75, 3.05) is 12.4 Å². The molecule has 0 spiro atoms. The van der Waals surface area contributed by atoms with Crippen molar-refractivity contribution >= 4 is 11.6 Å². The molecule has 0 aromatic heterocycles. The van der Waals surface area contributed by atoms with Crippen molar-refractivity contribution in [3.05, 3.63) is 24.0 Å². The second-order valence-electron chi connectivity index (χ2n) is 7.74. The number of carbonyl (C=O) groups excluding carboxylic acids is 1. The Balaban J connectivity index is 1.81. The molecule has 23 heavy (non-hydrogen) atoms. The highest BCUT2D eigenvalue weighted by molar-refractivity contribution is 5.95. The summed E-state index contributed by atoms with van der Waals surface area (Å²) in [6.45, 7) is 4.51. The highest BCUT2D eigenvalue weighted by Crippen LogP contribution is 2.53. The predicted molar refractivity (Wildman–Crippen MR) is 88.9 cm³/mol. The maximum absolute atomic E-state index is 13.5. The second kappa shape index (κ2) is 6.14. The Morgan fingerprint density at radius 3 is 2.48 bits per heavy atom. The van der Waals surface area contributed by atoms with Gasteiger partial charge in [-0.1, -0.05) is 13.8 Å². The molecular formula is C19H26FNO2. The van der Waals surface area contributed by atoms with Gasteiger partial charge in [-0.05, 0) is 62.0 Å². The summed E-state index contributed by atoms with van der Waals surface area (Å²) in [5.41, 5.74) is 0.345. The summed E-state index contributed by atoms with van der Waals surface area (Å²) in [5.74, 6) is 1.68. The summed E-state index contributed by atoms with van der Waals surface area (Å²) in [5, 5.41) is 3.02. The lowest BCUT2D eigenvalue weighted by molar-refractivity contribution is -0.133. The molecule has 3 rings (SSSR count). The summed E-state index contributed by atoms with van der Waals surface area (Å²) in [7, 11) is 1.43. The van der Waals surface area contributed by atoms with Gasteiger partial charge in [-0.3, -0.25) is 4.79 Å². The van der Waals surface area contributed by atoms with Gasteiger partial charge in [0.25, 0.3) is 0 Å². The largest absolute Gasteiger partial charge is 0.494 e. The molecule has 1 aromatic carbocycles. The van der Waals surface area contributed by atoms with Crippen LogP contribution in [0.2, 0.25) is 0 Å². The van der Waals surface area contributed by atoms with Crippen LogP contribution in [0.5, 0.6) is 5.75 Å². The topological polar surface area (TPSA) is 38.3 Å². The summed E-state index contributed by atoms with van der Waals surface area (Å²) >= 11 is 0. The normalized spacial score (nSPS) is 33.1. The van der Waals surface area contributed by atoms with Crippen LogP contribution >= 0.6 is 0 Å². The summed E-state index contributed by atoms with van der Waals surface area (Å²) in [6.07, 6.45) is 5.38. The maximum atomic E-state index is 13.5. The van der Waals surface area contributed by atoms with E-state index >= 15 is 0 Å². The number of fused-ring (bicyclic) bond motifs is 2. The van der Waals surface area contributed by atoms with Gasteiger partial charge in [0, 0.05) is 11.8 Å². The molecule has 2 aliphatic carbocycles. The molecule has 2 saturated carbocycles. The standard InChI is InChI=1S/C19H26FNO2/c1-12-6-14-7-13(2)10-19(9-12,11-14)18(22)21-15-4-5-16(20)17(8-15)23-3/h4-5,8,12-14H,6-7,9-11H2,1-3H3,(H,21,22). The van der Waals surface area contributed by atoms with Gasteiger partial charge in [-0.15, -0.1) is 0 Å². The highest BCUT2D eigenvalue weighted by Gasteiger charge is 2.48. The van der Waals surface area contributed by atoms with E-state index in [1.165, 1.54) is 26.0 Å². The number of hydrogen-bond acceptors (Lipinski definition) is 2. The number of anilines is 1. The van der Waals surface area contributed by atoms with Crippen LogP contribution in [-0.4, -0.2) is 13.0 Å². The molecule has 0 saturated heterocycles. The fourth-order valence-corrected chi connectivity index (χ4v) is 4.98. The first-order valence-corrected chi connectivity index (χ1v) is 8.57. The Kier molecular flexibility index (Phi) is 4.35. The van der Waals surface area contributed by atoms with E-state index in [4.69, 9.17) is 4.74 Å². The average molecular weight is 319 g/mol. The highest BCUT2D eigenvalue weighted by atomic mass is 19.1. The number of benzene rings is 1. The molecule has 1 N–H and O–H groups in total. The molecule has 2 unspecified atom stereocenters. The number of amides is 1. The molecule has 1 aromatic rings. The van der Waals surface area contributed by atoms with Gasteiger partial charge in [0.05, 0.1) is 12.5 Å². The first-order chi connectivity index (χ1) is 10.9. The van der Waals surface area contributed by atoms with Gasteiger partial charge in [-0.25, -0.2) is 4.39 Å². The minimum Gasteiger partial charge on any atom is -0.494 e. The van der Waals surface area contributed by atoms with Gasteiger partial charge >= 0.3 is 0 Å². The number of rotatable bonds is 3. The van der Waals surface area contributed by atoms with Crippen molar-refractivity contribution in [2.24, 2.45) is 23.2 Å². The molecule has 2 atom stereocenters. The molecule has 2 bridgehead atoms. The molecule has 0 heterocycles. The van der Waals surface area contributed by atoms with Crippen LogP contribution in [0, 0.1) is 29.0 Å². The molecule has 2 aliphatic rings. The number of halogens is 1. The van der Waals surface area contributed by atoms with Gasteiger partial charge in [-0.2, -0.15) is 0 Å². The number of nitrogens with one attached hydrogen (secondary N) is 1. The smallest absolute Gasteiger partial charge is 0.230 e. The van der Waals surface area contributed by atoms with Crippen molar-refractivity contribution < 1.29 is 13.9 Å². The van der Waals surface area contributed by atoms with E-state index in [2.05, 4.69) is 19.2 Å². The molecule has 2 fully saturated rings. The lowest BCUT2D eigenvalue weighted by Crippen LogP contribution is -2.47. The second-order valence-corrected chi connectivity index (χ2v) is 7.74. The van der Waals surface area contributed by atoms with Gasteiger partial charge in [0.15, 0.2) is 11.6 Å². The lowest BCUT2D eigenvalue weighted by Gasteiger charge is -2.48. The molecule has 3 nitrogen and oxygen atoms in total. The Labute approximate surface area is 137 Å². The third kappa shape index (κ3) is 3.22. The molecule has 126 valence electrons. The summed E-state index contributed by atoms with van der Waals surface area (Å²) in [6, 6.07) is 4.49. The molecule has 0 aliphatic heterocycles. The van der Waals surface area contributed by atoms with Crippen molar-refractivity contribution in [1.29, 1.82) is 0 Å². The van der Waals surface area contributed by atoms with Crippen LogP contribution in [0.25, 0.3) is 0 Å². The van der Waals surface area contributed by atoms with Crippen LogP contribution in [0.3, 0.4) is 0 Å². The van der Waals surface area contributed by atoms with Crippen LogP contribution in [0.15, 0.2) is 18.2 Å². The van der Waals surface area contributed by atoms with Crippen LogP contribution < -0.4 is 10.1 Å². The fraction of sp³-hybridized carbons (Fsp3) is 0.632. The maximum Gasteiger partial charge on any atom is 0.230 e. The number of methoxy groups -OCH3 is 1. The van der Waals surface area contributed by atoms with Crippen LogP contribution in [0.1, 0.15) is 46.0 Å². The van der Waals surface area contributed by atoms with Crippen LogP contribution in [0.4, 0.5) is 10.1 Å². The van der Waals surface area contributed by atoms with E-state index in [1.807, 2.05) is 0 Å². The Morgan fingerprint density at radius 1 is 1.22 bits per heavy atom. The number of ether oxygens (including phenoxy) is 1. The van der Waals surface area contributed by atoms with Crippen molar-refractivity contribution in [2.45, 2.75) is 46.0 Å². The first kappa shape index (κ1) is 16.3. The fourth-order valence-electron chi connectivity index (χ4n) is 4.98. The van der Waals surface area contributed by atoms with E-state index in [1.54, 1.807) is 12.1 Å². The van der Waals surface area contributed by atoms with Crippen molar-refractivity contribution in [3.8, 4) is 5.75 Å². The Morgan fingerprint density at radius 2 is 1.87 bits per heavy atom. The minimum atomic E-state index is -0.415. The molecule has 4 heteroatoms. The molecular weight excluding hydrogens is 293 g/mol. The van der Waals surface area contributed by atoms with Gasteiger partial charge < -0.3 is 10.1 Å². The first-order valence-electron chi connectivity index (χ1n) is 8.57. The SMILES string of the molecule is COc1cc(NC(=O)C23CC(C)CC(CC(C)C2)C3)ccc1F. The van der Waals surface area contributed by atoms with Crippen molar-refractivity contribution in [3.63, 3.8) is 0 Å². The van der Waals surface area contributed by atoms with E-state index in [9.17, 15) is 9.18 Å². The van der Waals surface area contributed by atoms with Crippen LogP contribution in [-0.2, 0) is 4.79 Å². The van der Waals surface area contributed by atoms with Gasteiger partial charge in [0.1, 0.15) is 0 Å². The van der Waals surface area contributed by atoms with E-state index in [0.29, 0.717) is 23.4 Å². The van der Waals surface area contributed by atoms with E-state index in [0.717, 1.165) is 19.3 Å². The average Bonchev–Trinajstić information content (AvgIpc) is 2.47. The van der Waals surface area contributed by atoms with Crippen molar-refractivity contribution in [1.82, 2.24) is 0 Å². The lowest BCUT2D eigenvalue weighted by atomic mass is 9.56. The quantitative estimate of drug-likeness (QED) is 0.882. The zero-order valence-corrected chi connectivity index (χ0v) is 14.2. The third-order valence-corrected chi connectivity index (χ3v) is 5.52. The van der Waals surface area contributed by atoms with Gasteiger partial charge in [0.2, 0.25) is 5.91 Å². The Bertz CT molecular complexity index is 582. The third-order valence-electron chi connectivity index (χ3n) is 5.52. The Hall–Kier alpha value is -1.58. The zero-order valence-electron chi connectivity index (χ0n) is 14.2. The van der Waals surface area contributed by atoms with E-state index in [-0.39, 0.29) is 17.1 Å². The molecule has 0 radical (unpaired) electrons. The summed E-state index contributed by atoms with van der Waals surface area (Å²) in [4.78, 5) is 13.0. The number of carbonyl (C=O) groups is 1. The monoisotopic (exact) mass is 319 g/mol. The minimum absolute atomic E-state index is 0.0919. The predicted octanol–water partition coefficient (Wildman–Crippen LogP) is 4.63. The zero-order chi connectivity index (χ0) is 16.6. The summed E-state index contributed by atoms with van der Waals surface area (Å²) < 4.78 is 18.5. The number of hydrogen-bond donors (Lipinski definition) is 1. The van der Waals surface area contributed by atoms with E-state index < -0.39 is 5.82 Å². The molecule has 1 amide bonds.